The first kappa shape index (κ1) is 13.4. The Morgan fingerprint density at radius 2 is 2.00 bits per heavy atom. The second-order valence-electron chi connectivity index (χ2n) is 5.19. The van der Waals surface area contributed by atoms with Crippen molar-refractivity contribution >= 4 is 0 Å². The molecule has 0 bridgehead atoms. The Labute approximate surface area is 107 Å². The molecule has 1 aliphatic rings. The summed E-state index contributed by atoms with van der Waals surface area (Å²) in [6.45, 7) is 5.39. The fourth-order valence-electron chi connectivity index (χ4n) is 2.96. The van der Waals surface area contributed by atoms with Gasteiger partial charge in [0.05, 0.1) is 0 Å². The highest BCUT2D eigenvalue weighted by Crippen LogP contribution is 2.33. The monoisotopic (exact) mass is 254 g/mol. The van der Waals surface area contributed by atoms with Gasteiger partial charge in [-0.2, -0.15) is 0 Å². The Kier molecular flexibility index (Phi) is 3.97. The highest BCUT2D eigenvalue weighted by atomic mass is 19.1. The number of nitrogens with two attached hydrogens (primary N) is 1. The third-order valence-corrected chi connectivity index (χ3v) is 3.96. The summed E-state index contributed by atoms with van der Waals surface area (Å²) in [4.78, 5) is 2.14. The smallest absolute Gasteiger partial charge is 0.130 e. The molecule has 2 rings (SSSR count). The second kappa shape index (κ2) is 5.33. The number of halogens is 2. The summed E-state index contributed by atoms with van der Waals surface area (Å²) >= 11 is 0. The third kappa shape index (κ3) is 2.40. The number of likely N-dealkylation sites (tertiary alicyclic amines) is 1. The summed E-state index contributed by atoms with van der Waals surface area (Å²) in [5.41, 5.74) is 5.85. The summed E-state index contributed by atoms with van der Waals surface area (Å²) in [6.07, 6.45) is 0.997. The average Bonchev–Trinajstić information content (AvgIpc) is 2.70. The van der Waals surface area contributed by atoms with Crippen molar-refractivity contribution in [3.8, 4) is 0 Å². The molecular formula is C14H20F2N2. The molecule has 0 spiro atoms. The summed E-state index contributed by atoms with van der Waals surface area (Å²) in [5.74, 6) is -0.505. The van der Waals surface area contributed by atoms with Crippen molar-refractivity contribution in [3.63, 3.8) is 0 Å². The molecule has 3 atom stereocenters. The molecule has 1 aliphatic heterocycles. The molecule has 4 heteroatoms. The zero-order valence-corrected chi connectivity index (χ0v) is 10.9. The minimum Gasteiger partial charge on any atom is -0.330 e. The molecule has 1 heterocycles. The predicted molar refractivity (Wildman–Crippen MR) is 68.1 cm³/mol. The molecule has 0 radical (unpaired) electrons. The topological polar surface area (TPSA) is 29.3 Å². The van der Waals surface area contributed by atoms with Gasteiger partial charge in [0, 0.05) is 24.2 Å². The minimum atomic E-state index is -0.467. The summed E-state index contributed by atoms with van der Waals surface area (Å²) in [5, 5.41) is 0. The molecule has 0 aliphatic carbocycles. The van der Waals surface area contributed by atoms with Crippen LogP contribution in [0.4, 0.5) is 8.78 Å². The lowest BCUT2D eigenvalue weighted by Gasteiger charge is -2.29. The zero-order chi connectivity index (χ0) is 13.3. The summed E-state index contributed by atoms with van der Waals surface area (Å²) < 4.78 is 27.5. The van der Waals surface area contributed by atoms with Gasteiger partial charge in [0.25, 0.3) is 0 Å². The number of benzene rings is 1. The molecule has 2 N–H and O–H groups in total. The largest absolute Gasteiger partial charge is 0.330 e. The Balaban J connectivity index is 2.24. The molecule has 2 nitrogen and oxygen atoms in total. The average molecular weight is 254 g/mol. The number of rotatable bonds is 3. The van der Waals surface area contributed by atoms with E-state index < -0.39 is 11.6 Å². The van der Waals surface area contributed by atoms with Crippen molar-refractivity contribution < 1.29 is 8.78 Å². The van der Waals surface area contributed by atoms with E-state index in [-0.39, 0.29) is 11.6 Å². The van der Waals surface area contributed by atoms with Crippen molar-refractivity contribution in [2.75, 3.05) is 13.1 Å². The van der Waals surface area contributed by atoms with Gasteiger partial charge in [-0.15, -0.1) is 0 Å². The van der Waals surface area contributed by atoms with E-state index in [9.17, 15) is 8.78 Å². The maximum atomic E-state index is 13.8. The van der Waals surface area contributed by atoms with Gasteiger partial charge >= 0.3 is 0 Å². The quantitative estimate of drug-likeness (QED) is 0.898. The molecule has 1 aromatic rings. The van der Waals surface area contributed by atoms with Gasteiger partial charge in [0.2, 0.25) is 0 Å². The van der Waals surface area contributed by atoms with Crippen LogP contribution in [0.1, 0.15) is 31.9 Å². The van der Waals surface area contributed by atoms with Crippen molar-refractivity contribution in [1.29, 1.82) is 0 Å². The number of hydrogen-bond acceptors (Lipinski definition) is 2. The highest BCUT2D eigenvalue weighted by Gasteiger charge is 2.33. The lowest BCUT2D eigenvalue weighted by atomic mass is 10.0. The number of hydrogen-bond donors (Lipinski definition) is 1. The van der Waals surface area contributed by atoms with Crippen molar-refractivity contribution in [1.82, 2.24) is 4.90 Å². The first-order valence-corrected chi connectivity index (χ1v) is 6.44. The first-order valence-electron chi connectivity index (χ1n) is 6.44. The maximum Gasteiger partial charge on any atom is 0.130 e. The lowest BCUT2D eigenvalue weighted by molar-refractivity contribution is 0.193. The standard InChI is InChI=1S/C14H20F2N2/c1-9-6-11(7-17)8-18(9)10(2)14-12(15)4-3-5-13(14)16/h3-5,9-11H,6-8,17H2,1-2H3. The number of nitrogens with zero attached hydrogens (tertiary/aromatic N) is 1. The summed E-state index contributed by atoms with van der Waals surface area (Å²) in [6, 6.07) is 4.09. The second-order valence-corrected chi connectivity index (χ2v) is 5.19. The van der Waals surface area contributed by atoms with E-state index in [1.807, 2.05) is 6.92 Å². The molecular weight excluding hydrogens is 234 g/mol. The molecule has 1 saturated heterocycles. The molecule has 1 aromatic carbocycles. The van der Waals surface area contributed by atoms with Crippen LogP contribution in [0.25, 0.3) is 0 Å². The van der Waals surface area contributed by atoms with E-state index in [1.54, 1.807) is 0 Å². The Bertz CT molecular complexity index is 402. The van der Waals surface area contributed by atoms with Crippen LogP contribution in [0.5, 0.6) is 0 Å². The molecule has 1 fully saturated rings. The van der Waals surface area contributed by atoms with Crippen molar-refractivity contribution in [3.05, 3.63) is 35.4 Å². The van der Waals surface area contributed by atoms with Crippen LogP contribution in [-0.4, -0.2) is 24.0 Å². The van der Waals surface area contributed by atoms with Gasteiger partial charge in [-0.3, -0.25) is 4.90 Å². The van der Waals surface area contributed by atoms with E-state index in [0.29, 0.717) is 18.5 Å². The molecule has 100 valence electrons. The van der Waals surface area contributed by atoms with Crippen molar-refractivity contribution in [2.45, 2.75) is 32.4 Å². The van der Waals surface area contributed by atoms with E-state index in [1.165, 1.54) is 18.2 Å². The maximum absolute atomic E-state index is 13.8. The van der Waals surface area contributed by atoms with E-state index in [0.717, 1.165) is 13.0 Å². The van der Waals surface area contributed by atoms with Gasteiger partial charge in [0.1, 0.15) is 11.6 Å². The first-order chi connectivity index (χ1) is 8.54. The Morgan fingerprint density at radius 1 is 1.39 bits per heavy atom. The molecule has 18 heavy (non-hydrogen) atoms. The van der Waals surface area contributed by atoms with E-state index >= 15 is 0 Å². The molecule has 0 aromatic heterocycles. The van der Waals surface area contributed by atoms with Crippen LogP contribution >= 0.6 is 0 Å². The van der Waals surface area contributed by atoms with Crippen LogP contribution in [0, 0.1) is 17.6 Å². The van der Waals surface area contributed by atoms with Gasteiger partial charge in [-0.05, 0) is 44.9 Å². The fourth-order valence-corrected chi connectivity index (χ4v) is 2.96. The molecule has 0 saturated carbocycles. The third-order valence-electron chi connectivity index (χ3n) is 3.96. The van der Waals surface area contributed by atoms with E-state index in [4.69, 9.17) is 5.73 Å². The van der Waals surface area contributed by atoms with Gasteiger partial charge < -0.3 is 5.73 Å². The van der Waals surface area contributed by atoms with Gasteiger partial charge in [-0.25, -0.2) is 8.78 Å². The molecule has 0 amide bonds. The Morgan fingerprint density at radius 3 is 2.50 bits per heavy atom. The van der Waals surface area contributed by atoms with Crippen LogP contribution in [0.15, 0.2) is 18.2 Å². The van der Waals surface area contributed by atoms with Gasteiger partial charge in [0.15, 0.2) is 0 Å². The predicted octanol–water partition coefficient (Wildman–Crippen LogP) is 2.69. The van der Waals surface area contributed by atoms with Crippen LogP contribution in [0.3, 0.4) is 0 Å². The van der Waals surface area contributed by atoms with Crippen LogP contribution in [0.2, 0.25) is 0 Å². The fraction of sp³-hybridized carbons (Fsp3) is 0.571. The van der Waals surface area contributed by atoms with E-state index in [2.05, 4.69) is 11.8 Å². The van der Waals surface area contributed by atoms with Crippen LogP contribution < -0.4 is 5.73 Å². The normalized spacial score (nSPS) is 26.5. The lowest BCUT2D eigenvalue weighted by Crippen LogP contribution is -2.31. The van der Waals surface area contributed by atoms with Crippen molar-refractivity contribution in [2.24, 2.45) is 11.7 Å². The highest BCUT2D eigenvalue weighted by molar-refractivity contribution is 5.23. The van der Waals surface area contributed by atoms with Crippen LogP contribution in [-0.2, 0) is 0 Å². The Hall–Kier alpha value is -1.00. The summed E-state index contributed by atoms with van der Waals surface area (Å²) in [7, 11) is 0. The van der Waals surface area contributed by atoms with Gasteiger partial charge in [-0.1, -0.05) is 6.07 Å². The SMILES string of the molecule is CC1CC(CN)CN1C(C)c1c(F)cccc1F. The molecule has 3 unspecified atom stereocenters. The zero-order valence-electron chi connectivity index (χ0n) is 10.9. The minimum absolute atomic E-state index is 0.169.